The van der Waals surface area contributed by atoms with Crippen molar-refractivity contribution >= 4 is 27.5 Å². The quantitative estimate of drug-likeness (QED) is 0.612. The summed E-state index contributed by atoms with van der Waals surface area (Å²) in [5.41, 5.74) is 6.52. The monoisotopic (exact) mass is 182 g/mol. The van der Waals surface area contributed by atoms with Crippen molar-refractivity contribution in [2.45, 2.75) is 6.92 Å². The summed E-state index contributed by atoms with van der Waals surface area (Å²) in [5, 5.41) is 7.30. The minimum Gasteiger partial charge on any atom is -0.375 e. The predicted molar refractivity (Wildman–Crippen MR) is 47.2 cm³/mol. The molecule has 0 bridgehead atoms. The Hall–Kier alpha value is -1.43. The van der Waals surface area contributed by atoms with Crippen LogP contribution in [0.3, 0.4) is 0 Å². The molecule has 2 rings (SSSR count). The molecule has 5 nitrogen and oxygen atoms in total. The maximum Gasteiger partial charge on any atom is 0.248 e. The first-order valence-corrected chi connectivity index (χ1v) is 4.11. The van der Waals surface area contributed by atoms with Crippen LogP contribution in [0.5, 0.6) is 0 Å². The van der Waals surface area contributed by atoms with Crippen molar-refractivity contribution in [2.75, 3.05) is 5.73 Å². The van der Waals surface area contributed by atoms with E-state index in [-0.39, 0.29) is 9.87 Å². The molecule has 2 heterocycles. The molecule has 0 aromatic carbocycles. The molecule has 0 aliphatic heterocycles. The summed E-state index contributed by atoms with van der Waals surface area (Å²) >= 11 is 0.932. The lowest BCUT2D eigenvalue weighted by molar-refractivity contribution is 1.06. The normalized spacial score (nSPS) is 10.8. The molecular weight excluding hydrogens is 176 g/mol. The third-order valence-electron chi connectivity index (χ3n) is 1.55. The molecule has 0 unspecified atom stereocenters. The highest BCUT2D eigenvalue weighted by atomic mass is 32.1. The van der Waals surface area contributed by atoms with E-state index in [0.717, 1.165) is 17.0 Å². The fourth-order valence-electron chi connectivity index (χ4n) is 1.01. The van der Waals surface area contributed by atoms with Gasteiger partial charge in [0.1, 0.15) is 0 Å². The van der Waals surface area contributed by atoms with Crippen LogP contribution in [0.25, 0.3) is 11.0 Å². The molecule has 0 aliphatic carbocycles. The SMILES string of the molecule is Cc1[nH]nc2nc(N)sc(=O)c12. The fraction of sp³-hybridized carbons (Fsp3) is 0.167. The highest BCUT2D eigenvalue weighted by Crippen LogP contribution is 2.12. The number of aromatic amines is 1. The summed E-state index contributed by atoms with van der Waals surface area (Å²) in [6.07, 6.45) is 0. The second-order valence-electron chi connectivity index (χ2n) is 2.39. The van der Waals surface area contributed by atoms with Crippen LogP contribution in [0.15, 0.2) is 4.79 Å². The van der Waals surface area contributed by atoms with Crippen LogP contribution in [0.4, 0.5) is 5.13 Å². The zero-order valence-corrected chi connectivity index (χ0v) is 7.10. The smallest absolute Gasteiger partial charge is 0.248 e. The average Bonchev–Trinajstić information content (AvgIpc) is 2.31. The van der Waals surface area contributed by atoms with Crippen LogP contribution in [0.2, 0.25) is 0 Å². The van der Waals surface area contributed by atoms with E-state index in [0.29, 0.717) is 11.0 Å². The molecule has 0 spiro atoms. The summed E-state index contributed by atoms with van der Waals surface area (Å²) in [6, 6.07) is 0. The number of hydrogen-bond donors (Lipinski definition) is 2. The first kappa shape index (κ1) is 7.23. The summed E-state index contributed by atoms with van der Waals surface area (Å²) in [7, 11) is 0. The molecule has 0 fully saturated rings. The molecule has 6 heteroatoms. The number of aryl methyl sites for hydroxylation is 1. The molecule has 62 valence electrons. The first-order chi connectivity index (χ1) is 5.68. The van der Waals surface area contributed by atoms with Crippen molar-refractivity contribution in [3.05, 3.63) is 15.2 Å². The van der Waals surface area contributed by atoms with Crippen LogP contribution in [-0.2, 0) is 0 Å². The topological polar surface area (TPSA) is 84.7 Å². The number of fused-ring (bicyclic) bond motifs is 1. The van der Waals surface area contributed by atoms with E-state index in [4.69, 9.17) is 5.73 Å². The number of nitrogen functional groups attached to an aromatic ring is 1. The molecule has 0 radical (unpaired) electrons. The summed E-state index contributed by atoms with van der Waals surface area (Å²) in [6.45, 7) is 1.78. The number of rotatable bonds is 0. The summed E-state index contributed by atoms with van der Waals surface area (Å²) in [5.74, 6) is 0. The Bertz CT molecular complexity index is 486. The van der Waals surface area contributed by atoms with Gasteiger partial charge in [0, 0.05) is 5.69 Å². The van der Waals surface area contributed by atoms with Gasteiger partial charge in [0.05, 0.1) is 5.39 Å². The van der Waals surface area contributed by atoms with E-state index in [1.807, 2.05) is 0 Å². The Morgan fingerprint density at radius 2 is 2.33 bits per heavy atom. The van der Waals surface area contributed by atoms with Crippen LogP contribution in [-0.4, -0.2) is 15.2 Å². The Labute approximate surface area is 71.2 Å². The molecule has 0 saturated carbocycles. The minimum atomic E-state index is -0.0937. The number of nitrogens with two attached hydrogens (primary N) is 1. The Balaban J connectivity index is 3.03. The second-order valence-corrected chi connectivity index (χ2v) is 3.38. The summed E-state index contributed by atoms with van der Waals surface area (Å²) in [4.78, 5) is 15.2. The van der Waals surface area contributed by atoms with Gasteiger partial charge in [-0.25, -0.2) is 0 Å². The molecule has 0 amide bonds. The van der Waals surface area contributed by atoms with Gasteiger partial charge in [0.2, 0.25) is 4.74 Å². The average molecular weight is 182 g/mol. The first-order valence-electron chi connectivity index (χ1n) is 3.30. The maximum atomic E-state index is 11.3. The molecule has 12 heavy (non-hydrogen) atoms. The molecule has 0 atom stereocenters. The molecule has 2 aromatic heterocycles. The van der Waals surface area contributed by atoms with E-state index in [2.05, 4.69) is 15.2 Å². The molecule has 0 saturated heterocycles. The number of anilines is 1. The van der Waals surface area contributed by atoms with Crippen molar-refractivity contribution in [2.24, 2.45) is 0 Å². The lowest BCUT2D eigenvalue weighted by Gasteiger charge is -1.88. The van der Waals surface area contributed by atoms with Crippen LogP contribution >= 0.6 is 11.3 Å². The maximum absolute atomic E-state index is 11.3. The van der Waals surface area contributed by atoms with Gasteiger partial charge >= 0.3 is 0 Å². The van der Waals surface area contributed by atoms with Crippen molar-refractivity contribution in [1.82, 2.24) is 15.2 Å². The van der Waals surface area contributed by atoms with Crippen molar-refractivity contribution < 1.29 is 0 Å². The number of aromatic nitrogens is 3. The highest BCUT2D eigenvalue weighted by molar-refractivity contribution is 7.13. The lowest BCUT2D eigenvalue weighted by atomic mass is 10.3. The fourth-order valence-corrected chi connectivity index (χ4v) is 1.68. The van der Waals surface area contributed by atoms with Gasteiger partial charge in [0.15, 0.2) is 10.8 Å². The van der Waals surface area contributed by atoms with Gasteiger partial charge in [0.25, 0.3) is 0 Å². The molecular formula is C6H6N4OS. The van der Waals surface area contributed by atoms with Crippen molar-refractivity contribution in [3.63, 3.8) is 0 Å². The Morgan fingerprint density at radius 1 is 1.58 bits per heavy atom. The van der Waals surface area contributed by atoms with Gasteiger partial charge in [-0.1, -0.05) is 11.3 Å². The van der Waals surface area contributed by atoms with Gasteiger partial charge < -0.3 is 5.73 Å². The second kappa shape index (κ2) is 2.28. The number of hydrogen-bond acceptors (Lipinski definition) is 5. The largest absolute Gasteiger partial charge is 0.375 e. The standard InChI is InChI=1S/C6H6N4OS/c1-2-3-4(10-9-2)8-6(7)12-5(3)11/h1H3,(H3,7,8,9,10). The Kier molecular flexibility index (Phi) is 1.37. The van der Waals surface area contributed by atoms with Gasteiger partial charge in [-0.3, -0.25) is 9.89 Å². The van der Waals surface area contributed by atoms with E-state index in [1.54, 1.807) is 6.92 Å². The summed E-state index contributed by atoms with van der Waals surface area (Å²) < 4.78 is -0.0937. The predicted octanol–water partition coefficient (Wildman–Crippen LogP) is 0.270. The zero-order chi connectivity index (χ0) is 8.72. The molecule has 2 aromatic rings. The van der Waals surface area contributed by atoms with Crippen LogP contribution < -0.4 is 10.5 Å². The zero-order valence-electron chi connectivity index (χ0n) is 6.29. The van der Waals surface area contributed by atoms with E-state index >= 15 is 0 Å². The Morgan fingerprint density at radius 3 is 3.08 bits per heavy atom. The molecule has 3 N–H and O–H groups in total. The van der Waals surface area contributed by atoms with Gasteiger partial charge in [-0.05, 0) is 6.92 Å². The number of nitrogens with one attached hydrogen (secondary N) is 1. The highest BCUT2D eigenvalue weighted by Gasteiger charge is 2.07. The van der Waals surface area contributed by atoms with E-state index in [9.17, 15) is 4.79 Å². The third-order valence-corrected chi connectivity index (χ3v) is 2.24. The number of nitrogens with zero attached hydrogens (tertiary/aromatic N) is 2. The van der Waals surface area contributed by atoms with Gasteiger partial charge in [-0.2, -0.15) is 10.1 Å². The van der Waals surface area contributed by atoms with Crippen LogP contribution in [0.1, 0.15) is 5.69 Å². The van der Waals surface area contributed by atoms with Crippen molar-refractivity contribution in [1.29, 1.82) is 0 Å². The van der Waals surface area contributed by atoms with Gasteiger partial charge in [-0.15, -0.1) is 0 Å². The van der Waals surface area contributed by atoms with E-state index in [1.165, 1.54) is 0 Å². The minimum absolute atomic E-state index is 0.0937. The van der Waals surface area contributed by atoms with Crippen molar-refractivity contribution in [3.8, 4) is 0 Å². The van der Waals surface area contributed by atoms with Crippen LogP contribution in [0, 0.1) is 6.92 Å². The molecule has 0 aliphatic rings. The third kappa shape index (κ3) is 0.884. The number of H-pyrrole nitrogens is 1. The lowest BCUT2D eigenvalue weighted by Crippen LogP contribution is -1.99. The van der Waals surface area contributed by atoms with E-state index < -0.39 is 0 Å².